The van der Waals surface area contributed by atoms with Gasteiger partial charge >= 0.3 is 23.1 Å². The molecule has 2 aliphatic heterocycles. The van der Waals surface area contributed by atoms with E-state index >= 15 is 0 Å². The fraction of sp³-hybridized carbons (Fsp3) is 0.750. The zero-order chi connectivity index (χ0) is 10.9. The minimum absolute atomic E-state index is 0. The van der Waals surface area contributed by atoms with Crippen LogP contribution in [0.4, 0.5) is 0 Å². The smallest absolute Gasteiger partial charge is 0.547 e. The van der Waals surface area contributed by atoms with Crippen LogP contribution in [-0.4, -0.2) is 59.4 Å². The summed E-state index contributed by atoms with van der Waals surface area (Å²) in [6, 6.07) is 0. The van der Waals surface area contributed by atoms with E-state index in [-0.39, 0.29) is 35.3 Å². The van der Waals surface area contributed by atoms with Crippen molar-refractivity contribution in [2.45, 2.75) is 38.3 Å². The fourth-order valence-corrected chi connectivity index (χ4v) is 0.866. The van der Waals surface area contributed by atoms with Crippen LogP contribution in [0.2, 0.25) is 0 Å². The molecule has 0 aromatic rings. The number of rotatable bonds is 2. The van der Waals surface area contributed by atoms with Crippen LogP contribution in [-0.2, 0) is 19.1 Å². The largest absolute Gasteiger partial charge is 2.00 e. The van der Waals surface area contributed by atoms with Gasteiger partial charge in [0, 0.05) is 0 Å². The standard InChI is InChI=1S/2C4H6O3.Mg/c2*1-2-3(7-2)4(5)6;/h2*2-3H,1H3,(H,5,6);/q;;+2/p-2/t2*2-,3-;/m11./s1. The molecule has 2 rings (SSSR count). The van der Waals surface area contributed by atoms with Crippen molar-refractivity contribution in [3.63, 3.8) is 0 Å². The van der Waals surface area contributed by atoms with E-state index in [2.05, 4.69) is 9.47 Å². The van der Waals surface area contributed by atoms with Crippen LogP contribution in [0.5, 0.6) is 0 Å². The Morgan fingerprint density at radius 1 is 0.933 bits per heavy atom. The Labute approximate surface area is 103 Å². The SMILES string of the molecule is C[C@H]1O[C@H]1C(=O)[O-].C[C@H]1O[C@H]1C(=O)[O-].[Mg+2]. The van der Waals surface area contributed by atoms with Crippen LogP contribution in [0.25, 0.3) is 0 Å². The second kappa shape index (κ2) is 5.64. The molecular weight excluding hydrogens is 216 g/mol. The number of ether oxygens (including phenoxy) is 2. The Balaban J connectivity index is 0.000000245. The van der Waals surface area contributed by atoms with Crippen LogP contribution in [0.3, 0.4) is 0 Å². The molecule has 2 fully saturated rings. The van der Waals surface area contributed by atoms with Crippen molar-refractivity contribution in [2.75, 3.05) is 0 Å². The van der Waals surface area contributed by atoms with E-state index in [9.17, 15) is 19.8 Å². The first kappa shape index (κ1) is 14.6. The molecule has 0 radical (unpaired) electrons. The van der Waals surface area contributed by atoms with Crippen molar-refractivity contribution < 1.29 is 29.3 Å². The maximum absolute atomic E-state index is 9.74. The molecule has 2 aliphatic rings. The Kier molecular flexibility index (Phi) is 5.50. The predicted octanol–water partition coefficient (Wildman–Crippen LogP) is -3.33. The van der Waals surface area contributed by atoms with Gasteiger partial charge in [-0.15, -0.1) is 0 Å². The first-order valence-corrected chi connectivity index (χ1v) is 4.16. The Morgan fingerprint density at radius 2 is 1.13 bits per heavy atom. The summed E-state index contributed by atoms with van der Waals surface area (Å²) in [5.41, 5.74) is 0. The van der Waals surface area contributed by atoms with Gasteiger partial charge in [-0.2, -0.15) is 0 Å². The summed E-state index contributed by atoms with van der Waals surface area (Å²) in [7, 11) is 0. The molecule has 2 saturated heterocycles. The second-order valence-corrected chi connectivity index (χ2v) is 3.16. The number of carbonyl (C=O) groups excluding carboxylic acids is 2. The van der Waals surface area contributed by atoms with E-state index in [0.717, 1.165) is 0 Å². The van der Waals surface area contributed by atoms with E-state index in [4.69, 9.17) is 0 Å². The average Bonchev–Trinajstić information content (AvgIpc) is 2.90. The number of carboxylic acids is 2. The molecule has 0 aromatic carbocycles. The van der Waals surface area contributed by atoms with Gasteiger partial charge in [0.2, 0.25) is 0 Å². The van der Waals surface area contributed by atoms with Crippen molar-refractivity contribution in [1.29, 1.82) is 0 Å². The van der Waals surface area contributed by atoms with Crippen LogP contribution in [0.1, 0.15) is 13.8 Å². The van der Waals surface area contributed by atoms with E-state index in [1.54, 1.807) is 13.8 Å². The van der Waals surface area contributed by atoms with Crippen molar-refractivity contribution in [3.05, 3.63) is 0 Å². The third kappa shape index (κ3) is 4.78. The second-order valence-electron chi connectivity index (χ2n) is 3.16. The molecule has 7 heteroatoms. The predicted molar refractivity (Wildman–Crippen MR) is 44.4 cm³/mol. The Morgan fingerprint density at radius 3 is 1.13 bits per heavy atom. The van der Waals surface area contributed by atoms with Crippen molar-refractivity contribution in [2.24, 2.45) is 0 Å². The third-order valence-corrected chi connectivity index (χ3v) is 1.89. The molecule has 0 saturated carbocycles. The molecule has 0 aromatic heterocycles. The Hall–Kier alpha value is -0.374. The molecule has 0 amide bonds. The summed E-state index contributed by atoms with van der Waals surface area (Å²) < 4.78 is 9.03. The molecule has 0 spiro atoms. The van der Waals surface area contributed by atoms with Crippen LogP contribution >= 0.6 is 0 Å². The molecule has 0 bridgehead atoms. The van der Waals surface area contributed by atoms with Gasteiger partial charge in [0.05, 0.1) is 24.1 Å². The monoisotopic (exact) mass is 226 g/mol. The van der Waals surface area contributed by atoms with E-state index < -0.39 is 24.1 Å². The van der Waals surface area contributed by atoms with Gasteiger partial charge in [-0.3, -0.25) is 0 Å². The summed E-state index contributed by atoms with van der Waals surface area (Å²) >= 11 is 0. The normalized spacial score (nSPS) is 35.3. The molecule has 6 nitrogen and oxygen atoms in total. The van der Waals surface area contributed by atoms with Crippen molar-refractivity contribution >= 4 is 35.0 Å². The van der Waals surface area contributed by atoms with Crippen molar-refractivity contribution in [1.82, 2.24) is 0 Å². The average molecular weight is 226 g/mol. The summed E-state index contributed by atoms with van der Waals surface area (Å²) in [6.45, 7) is 3.39. The Bertz CT molecular complexity index is 230. The number of carbonyl (C=O) groups is 2. The summed E-state index contributed by atoms with van der Waals surface area (Å²) in [6.07, 6.45) is -1.49. The van der Waals surface area contributed by atoms with Gasteiger partial charge in [-0.25, -0.2) is 0 Å². The molecule has 0 unspecified atom stereocenters. The van der Waals surface area contributed by atoms with E-state index in [1.807, 2.05) is 0 Å². The van der Waals surface area contributed by atoms with Gasteiger partial charge in [0.1, 0.15) is 12.2 Å². The van der Waals surface area contributed by atoms with E-state index in [1.165, 1.54) is 0 Å². The molecule has 4 atom stereocenters. The maximum Gasteiger partial charge on any atom is 2.00 e. The van der Waals surface area contributed by atoms with Gasteiger partial charge in [-0.05, 0) is 13.8 Å². The molecule has 2 heterocycles. The number of aliphatic carboxylic acids is 2. The van der Waals surface area contributed by atoms with Crippen molar-refractivity contribution in [3.8, 4) is 0 Å². The number of epoxide rings is 2. The molecule has 0 N–H and O–H groups in total. The quantitative estimate of drug-likeness (QED) is 0.360. The summed E-state index contributed by atoms with van der Waals surface area (Å²) in [5, 5.41) is 19.5. The zero-order valence-corrected chi connectivity index (χ0v) is 9.88. The molecule has 80 valence electrons. The first-order chi connectivity index (χ1) is 6.43. The zero-order valence-electron chi connectivity index (χ0n) is 8.47. The number of hydrogen-bond acceptors (Lipinski definition) is 6. The van der Waals surface area contributed by atoms with Gasteiger partial charge in [0.15, 0.2) is 0 Å². The van der Waals surface area contributed by atoms with Crippen LogP contribution in [0, 0.1) is 0 Å². The first-order valence-electron chi connectivity index (χ1n) is 4.16. The third-order valence-electron chi connectivity index (χ3n) is 1.89. The fourth-order valence-electron chi connectivity index (χ4n) is 0.866. The molecule has 0 aliphatic carbocycles. The minimum atomic E-state index is -1.10. The number of carboxylic acid groups (broad SMARTS) is 2. The molecule has 15 heavy (non-hydrogen) atoms. The van der Waals surface area contributed by atoms with Crippen LogP contribution in [0.15, 0.2) is 0 Å². The minimum Gasteiger partial charge on any atom is -0.547 e. The van der Waals surface area contributed by atoms with E-state index in [0.29, 0.717) is 0 Å². The summed E-state index contributed by atoms with van der Waals surface area (Å²) in [4.78, 5) is 19.5. The van der Waals surface area contributed by atoms with Gasteiger partial charge in [-0.1, -0.05) is 0 Å². The summed E-state index contributed by atoms with van der Waals surface area (Å²) in [5.74, 6) is -2.21. The number of hydrogen-bond donors (Lipinski definition) is 0. The topological polar surface area (TPSA) is 105 Å². The van der Waals surface area contributed by atoms with Crippen LogP contribution < -0.4 is 10.2 Å². The molecular formula is C8H10MgO6. The van der Waals surface area contributed by atoms with Gasteiger partial charge in [0.25, 0.3) is 0 Å². The maximum atomic E-state index is 9.74. The van der Waals surface area contributed by atoms with Gasteiger partial charge < -0.3 is 29.3 Å².